The van der Waals surface area contributed by atoms with Crippen molar-refractivity contribution < 1.29 is 18.8 Å². The number of hydrogen-bond acceptors (Lipinski definition) is 4. The minimum Gasteiger partial charge on any atom is -0.481 e. The Morgan fingerprint density at radius 3 is 2.48 bits per heavy atom. The third-order valence-electron chi connectivity index (χ3n) is 3.17. The van der Waals surface area contributed by atoms with Gasteiger partial charge in [-0.25, -0.2) is 4.39 Å². The fourth-order valence-corrected chi connectivity index (χ4v) is 1.82. The molecule has 2 aromatic carbocycles. The fraction of sp³-hybridized carbons (Fsp3) is 0.188. The van der Waals surface area contributed by atoms with E-state index in [0.29, 0.717) is 17.0 Å². The van der Waals surface area contributed by atoms with Gasteiger partial charge in [-0.3, -0.25) is 14.9 Å². The zero-order valence-corrected chi connectivity index (χ0v) is 12.6. The molecule has 0 saturated carbocycles. The van der Waals surface area contributed by atoms with Crippen LogP contribution in [0.2, 0.25) is 0 Å². The molecule has 2 aromatic rings. The Labute approximate surface area is 132 Å². The van der Waals surface area contributed by atoms with Gasteiger partial charge in [-0.1, -0.05) is 6.07 Å². The van der Waals surface area contributed by atoms with Crippen molar-refractivity contribution >= 4 is 17.3 Å². The summed E-state index contributed by atoms with van der Waals surface area (Å²) in [6.07, 6.45) is -0.846. The number of amides is 1. The maximum atomic E-state index is 13.4. The number of non-ortho nitro benzene ring substituents is 1. The third kappa shape index (κ3) is 4.26. The minimum atomic E-state index is -0.846. The normalized spacial score (nSPS) is 11.6. The Morgan fingerprint density at radius 1 is 1.26 bits per heavy atom. The number of nitrogens with one attached hydrogen (secondary N) is 1. The number of hydrogen-bond donors (Lipinski definition) is 1. The number of nitro groups is 1. The van der Waals surface area contributed by atoms with Gasteiger partial charge in [0.25, 0.3) is 11.6 Å². The van der Waals surface area contributed by atoms with E-state index in [0.717, 1.165) is 0 Å². The van der Waals surface area contributed by atoms with Crippen LogP contribution < -0.4 is 10.1 Å². The van der Waals surface area contributed by atoms with Crippen LogP contribution in [0, 0.1) is 22.9 Å². The Kier molecular flexibility index (Phi) is 4.90. The third-order valence-corrected chi connectivity index (χ3v) is 3.17. The molecule has 0 fully saturated rings. The van der Waals surface area contributed by atoms with Gasteiger partial charge >= 0.3 is 0 Å². The molecule has 6 nitrogen and oxygen atoms in total. The van der Waals surface area contributed by atoms with E-state index in [2.05, 4.69) is 5.32 Å². The number of aryl methyl sites for hydroxylation is 1. The highest BCUT2D eigenvalue weighted by atomic mass is 19.1. The molecule has 0 bridgehead atoms. The fourth-order valence-electron chi connectivity index (χ4n) is 1.82. The predicted molar refractivity (Wildman–Crippen MR) is 83.0 cm³/mol. The lowest BCUT2D eigenvalue weighted by Crippen LogP contribution is -2.30. The van der Waals surface area contributed by atoms with Crippen molar-refractivity contribution in [2.24, 2.45) is 0 Å². The van der Waals surface area contributed by atoms with Crippen molar-refractivity contribution in [3.8, 4) is 5.75 Å². The molecule has 1 amide bonds. The molecule has 1 N–H and O–H groups in total. The highest BCUT2D eigenvalue weighted by molar-refractivity contribution is 5.94. The number of halogens is 1. The Bertz CT molecular complexity index is 731. The summed E-state index contributed by atoms with van der Waals surface area (Å²) < 4.78 is 18.9. The van der Waals surface area contributed by atoms with Gasteiger partial charge in [-0.2, -0.15) is 0 Å². The van der Waals surface area contributed by atoms with E-state index in [1.807, 2.05) is 0 Å². The van der Waals surface area contributed by atoms with Crippen molar-refractivity contribution in [1.29, 1.82) is 0 Å². The molecule has 23 heavy (non-hydrogen) atoms. The van der Waals surface area contributed by atoms with Gasteiger partial charge in [0, 0.05) is 17.8 Å². The molecule has 0 saturated heterocycles. The molecule has 1 atom stereocenters. The molecule has 0 spiro atoms. The van der Waals surface area contributed by atoms with Crippen LogP contribution in [0.15, 0.2) is 42.5 Å². The van der Waals surface area contributed by atoms with Gasteiger partial charge in [-0.15, -0.1) is 0 Å². The summed E-state index contributed by atoms with van der Waals surface area (Å²) in [5, 5.41) is 13.1. The van der Waals surface area contributed by atoms with Gasteiger partial charge in [-0.05, 0) is 43.7 Å². The van der Waals surface area contributed by atoms with Gasteiger partial charge in [0.2, 0.25) is 0 Å². The van der Waals surface area contributed by atoms with Crippen molar-refractivity contribution in [3.63, 3.8) is 0 Å². The second-order valence-electron chi connectivity index (χ2n) is 4.96. The lowest BCUT2D eigenvalue weighted by molar-refractivity contribution is -0.384. The first kappa shape index (κ1) is 16.4. The largest absolute Gasteiger partial charge is 0.481 e. The number of anilines is 1. The second kappa shape index (κ2) is 6.87. The Balaban J connectivity index is 1.99. The second-order valence-corrected chi connectivity index (χ2v) is 4.96. The molecule has 120 valence electrons. The van der Waals surface area contributed by atoms with E-state index >= 15 is 0 Å². The van der Waals surface area contributed by atoms with Gasteiger partial charge in [0.15, 0.2) is 6.10 Å². The molecular weight excluding hydrogens is 303 g/mol. The van der Waals surface area contributed by atoms with E-state index in [1.54, 1.807) is 19.1 Å². The summed E-state index contributed by atoms with van der Waals surface area (Å²) in [5.41, 5.74) is 0.750. The van der Waals surface area contributed by atoms with Crippen LogP contribution in [-0.2, 0) is 4.79 Å². The first-order valence-corrected chi connectivity index (χ1v) is 6.85. The molecule has 2 rings (SSSR count). The quantitative estimate of drug-likeness (QED) is 0.676. The van der Waals surface area contributed by atoms with Gasteiger partial charge in [0.05, 0.1) is 4.92 Å². The molecule has 7 heteroatoms. The number of nitrogens with zero attached hydrogens (tertiary/aromatic N) is 1. The predicted octanol–water partition coefficient (Wildman–Crippen LogP) is 3.45. The zero-order chi connectivity index (χ0) is 17.0. The van der Waals surface area contributed by atoms with Crippen LogP contribution in [0.25, 0.3) is 0 Å². The van der Waals surface area contributed by atoms with Crippen LogP contribution in [-0.4, -0.2) is 16.9 Å². The Hall–Kier alpha value is -2.96. The maximum absolute atomic E-state index is 13.4. The molecule has 0 aliphatic heterocycles. The van der Waals surface area contributed by atoms with Crippen molar-refractivity contribution in [2.75, 3.05) is 5.32 Å². The SMILES string of the molecule is Cc1ccc(NC(=O)C(C)Oc2ccc([N+](=O)[O-])cc2)cc1F. The molecular formula is C16H15FN2O4. The summed E-state index contributed by atoms with van der Waals surface area (Å²) in [6, 6.07) is 9.78. The lowest BCUT2D eigenvalue weighted by Gasteiger charge is -2.15. The first-order chi connectivity index (χ1) is 10.9. The van der Waals surface area contributed by atoms with Crippen molar-refractivity contribution in [1.82, 2.24) is 0 Å². The lowest BCUT2D eigenvalue weighted by atomic mass is 10.2. The topological polar surface area (TPSA) is 81.5 Å². The zero-order valence-electron chi connectivity index (χ0n) is 12.6. The summed E-state index contributed by atoms with van der Waals surface area (Å²) in [5.74, 6) is -0.535. The summed E-state index contributed by atoms with van der Waals surface area (Å²) in [7, 11) is 0. The van der Waals surface area contributed by atoms with Crippen molar-refractivity contribution in [2.45, 2.75) is 20.0 Å². The molecule has 0 aliphatic carbocycles. The summed E-state index contributed by atoms with van der Waals surface area (Å²) in [4.78, 5) is 22.1. The molecule has 0 aromatic heterocycles. The van der Waals surface area contributed by atoms with Crippen molar-refractivity contribution in [3.05, 3.63) is 64.0 Å². The average Bonchev–Trinajstić information content (AvgIpc) is 2.51. The van der Waals surface area contributed by atoms with Crippen LogP contribution in [0.4, 0.5) is 15.8 Å². The average molecular weight is 318 g/mol. The molecule has 0 aliphatic rings. The van der Waals surface area contributed by atoms with Crippen LogP contribution in [0.1, 0.15) is 12.5 Å². The highest BCUT2D eigenvalue weighted by Gasteiger charge is 2.16. The van der Waals surface area contributed by atoms with E-state index in [9.17, 15) is 19.3 Å². The van der Waals surface area contributed by atoms with E-state index in [1.165, 1.54) is 37.3 Å². The van der Waals surface area contributed by atoms with E-state index in [-0.39, 0.29) is 5.69 Å². The van der Waals surface area contributed by atoms with Gasteiger partial charge in [0.1, 0.15) is 11.6 Å². The van der Waals surface area contributed by atoms with Gasteiger partial charge < -0.3 is 10.1 Å². The number of benzene rings is 2. The number of ether oxygens (including phenoxy) is 1. The standard InChI is InChI=1S/C16H15FN2O4/c1-10-3-4-12(9-15(10)17)18-16(20)11(2)23-14-7-5-13(6-8-14)19(21)22/h3-9,11H,1-2H3,(H,18,20). The monoisotopic (exact) mass is 318 g/mol. The summed E-state index contributed by atoms with van der Waals surface area (Å²) >= 11 is 0. The maximum Gasteiger partial charge on any atom is 0.269 e. The minimum absolute atomic E-state index is 0.0652. The highest BCUT2D eigenvalue weighted by Crippen LogP contribution is 2.19. The molecule has 0 radical (unpaired) electrons. The number of carbonyl (C=O) groups excluding carboxylic acids is 1. The smallest absolute Gasteiger partial charge is 0.269 e. The molecule has 0 heterocycles. The number of nitro benzene ring substituents is 1. The van der Waals surface area contributed by atoms with Crippen LogP contribution in [0.5, 0.6) is 5.75 Å². The number of rotatable bonds is 5. The van der Waals surface area contributed by atoms with E-state index in [4.69, 9.17) is 4.74 Å². The van der Waals surface area contributed by atoms with Crippen LogP contribution in [0.3, 0.4) is 0 Å². The Morgan fingerprint density at radius 2 is 1.91 bits per heavy atom. The number of carbonyl (C=O) groups is 1. The first-order valence-electron chi connectivity index (χ1n) is 6.85. The molecule has 1 unspecified atom stereocenters. The van der Waals surface area contributed by atoms with Crippen LogP contribution >= 0.6 is 0 Å². The van der Waals surface area contributed by atoms with E-state index < -0.39 is 22.8 Å². The summed E-state index contributed by atoms with van der Waals surface area (Å²) in [6.45, 7) is 3.16.